The molecule has 1 aromatic rings. The molecule has 0 aromatic heterocycles. The Bertz CT molecular complexity index is 746. The van der Waals surface area contributed by atoms with Crippen molar-refractivity contribution in [2.45, 2.75) is 45.3 Å². The monoisotopic (exact) mass is 418 g/mol. The van der Waals surface area contributed by atoms with Crippen molar-refractivity contribution in [2.24, 2.45) is 10.9 Å². The number of likely N-dealkylation sites (tertiary alicyclic amines) is 1. The lowest BCUT2D eigenvalue weighted by Gasteiger charge is -2.34. The van der Waals surface area contributed by atoms with Crippen molar-refractivity contribution in [1.82, 2.24) is 10.2 Å². The molecule has 2 fully saturated rings. The summed E-state index contributed by atoms with van der Waals surface area (Å²) in [6.45, 7) is 5.43. The zero-order valence-electron chi connectivity index (χ0n) is 17.4. The zero-order chi connectivity index (χ0) is 21.3. The van der Waals surface area contributed by atoms with Crippen LogP contribution in [0.2, 0.25) is 0 Å². The molecular weight excluding hydrogens is 388 g/mol. The maximum Gasteiger partial charge on any atom is 0.310 e. The normalized spacial score (nSPS) is 22.0. The maximum atomic E-state index is 12.2. The van der Waals surface area contributed by atoms with Gasteiger partial charge in [0.05, 0.1) is 30.1 Å². The van der Waals surface area contributed by atoms with E-state index in [0.717, 1.165) is 50.4 Å². The summed E-state index contributed by atoms with van der Waals surface area (Å²) in [4.78, 5) is 29.5. The van der Waals surface area contributed by atoms with E-state index >= 15 is 0 Å². The van der Waals surface area contributed by atoms with Gasteiger partial charge in [-0.05, 0) is 38.2 Å². The van der Waals surface area contributed by atoms with Crippen molar-refractivity contribution in [3.8, 4) is 0 Å². The maximum absolute atomic E-state index is 12.2. The molecule has 2 aliphatic heterocycles. The summed E-state index contributed by atoms with van der Waals surface area (Å²) < 4.78 is 10.9. The second kappa shape index (κ2) is 10.9. The Hall–Kier alpha value is -2.68. The number of nitrogens with one attached hydrogen (secondary N) is 1. The van der Waals surface area contributed by atoms with Gasteiger partial charge in [0.1, 0.15) is 0 Å². The summed E-state index contributed by atoms with van der Waals surface area (Å²) in [6.07, 6.45) is 3.96. The van der Waals surface area contributed by atoms with Crippen LogP contribution in [0.3, 0.4) is 0 Å². The van der Waals surface area contributed by atoms with Crippen LogP contribution >= 0.6 is 0 Å². The van der Waals surface area contributed by atoms with E-state index in [2.05, 4.69) is 10.2 Å². The molecule has 0 spiro atoms. The number of carbonyl (C=O) groups is 1. The number of benzene rings is 1. The minimum atomic E-state index is -0.412. The molecule has 2 aliphatic rings. The predicted octanol–water partition coefficient (Wildman–Crippen LogP) is 2.49. The van der Waals surface area contributed by atoms with Crippen LogP contribution in [0.25, 0.3) is 0 Å². The van der Waals surface area contributed by atoms with Crippen molar-refractivity contribution in [3.05, 3.63) is 39.9 Å². The predicted molar refractivity (Wildman–Crippen MR) is 112 cm³/mol. The van der Waals surface area contributed by atoms with Gasteiger partial charge in [0, 0.05) is 38.4 Å². The molecule has 3 rings (SSSR count). The fourth-order valence-corrected chi connectivity index (χ4v) is 3.79. The summed E-state index contributed by atoms with van der Waals surface area (Å²) in [5.41, 5.74) is 0.948. The van der Waals surface area contributed by atoms with Gasteiger partial charge in [0.15, 0.2) is 5.96 Å². The number of non-ortho nitro benzene ring substituents is 1. The second-order valence-corrected chi connectivity index (χ2v) is 7.62. The van der Waals surface area contributed by atoms with Gasteiger partial charge in [0.2, 0.25) is 0 Å². The highest BCUT2D eigenvalue weighted by atomic mass is 16.6. The smallest absolute Gasteiger partial charge is 0.310 e. The molecule has 0 radical (unpaired) electrons. The summed E-state index contributed by atoms with van der Waals surface area (Å²) >= 11 is 0. The Morgan fingerprint density at radius 3 is 2.80 bits per heavy atom. The SMILES string of the molecule is CCOC(=O)C1CCCN(C(=NCc2ccc([N+](=O)[O-])cc2)NCC2CCCO2)C1. The second-order valence-electron chi connectivity index (χ2n) is 7.62. The molecule has 0 aliphatic carbocycles. The molecule has 9 nitrogen and oxygen atoms in total. The van der Waals surface area contributed by atoms with Crippen LogP contribution in [-0.4, -0.2) is 60.7 Å². The number of rotatable bonds is 7. The van der Waals surface area contributed by atoms with Crippen molar-refractivity contribution in [1.29, 1.82) is 0 Å². The number of aliphatic imine (C=N–C) groups is 1. The van der Waals surface area contributed by atoms with E-state index in [1.165, 1.54) is 12.1 Å². The van der Waals surface area contributed by atoms with Gasteiger partial charge in [-0.25, -0.2) is 4.99 Å². The Morgan fingerprint density at radius 2 is 2.13 bits per heavy atom. The summed E-state index contributed by atoms with van der Waals surface area (Å²) in [5, 5.41) is 14.3. The molecule has 1 N–H and O–H groups in total. The van der Waals surface area contributed by atoms with Gasteiger partial charge in [-0.3, -0.25) is 14.9 Å². The van der Waals surface area contributed by atoms with Gasteiger partial charge >= 0.3 is 5.97 Å². The first kappa shape index (κ1) is 22.0. The largest absolute Gasteiger partial charge is 0.466 e. The number of piperidine rings is 1. The summed E-state index contributed by atoms with van der Waals surface area (Å²) in [7, 11) is 0. The van der Waals surface area contributed by atoms with E-state index < -0.39 is 4.92 Å². The van der Waals surface area contributed by atoms with E-state index in [1.807, 2.05) is 6.92 Å². The summed E-state index contributed by atoms with van der Waals surface area (Å²) in [6, 6.07) is 6.41. The molecule has 2 saturated heterocycles. The molecule has 0 bridgehead atoms. The van der Waals surface area contributed by atoms with Gasteiger partial charge in [-0.2, -0.15) is 0 Å². The molecule has 30 heavy (non-hydrogen) atoms. The highest BCUT2D eigenvalue weighted by Crippen LogP contribution is 2.19. The lowest BCUT2D eigenvalue weighted by molar-refractivity contribution is -0.384. The van der Waals surface area contributed by atoms with Crippen molar-refractivity contribution in [2.75, 3.05) is 32.8 Å². The van der Waals surface area contributed by atoms with E-state index in [9.17, 15) is 14.9 Å². The van der Waals surface area contributed by atoms with Crippen molar-refractivity contribution >= 4 is 17.6 Å². The van der Waals surface area contributed by atoms with Crippen LogP contribution in [0.15, 0.2) is 29.3 Å². The fourth-order valence-electron chi connectivity index (χ4n) is 3.79. The van der Waals surface area contributed by atoms with Crippen LogP contribution in [0.1, 0.15) is 38.2 Å². The van der Waals surface area contributed by atoms with E-state index in [4.69, 9.17) is 14.5 Å². The Morgan fingerprint density at radius 1 is 1.33 bits per heavy atom. The number of hydrogen-bond donors (Lipinski definition) is 1. The molecule has 0 saturated carbocycles. The number of nitrogens with zero attached hydrogens (tertiary/aromatic N) is 3. The van der Waals surface area contributed by atoms with E-state index in [1.54, 1.807) is 12.1 Å². The van der Waals surface area contributed by atoms with Gasteiger partial charge in [0.25, 0.3) is 5.69 Å². The standard InChI is InChI=1S/C21H30N4O5/c1-2-29-20(26)17-5-3-11-24(15-17)21(23-14-19-6-4-12-30-19)22-13-16-7-9-18(10-8-16)25(27)28/h7-10,17,19H,2-6,11-15H2,1H3,(H,22,23). The molecule has 9 heteroatoms. The molecular formula is C21H30N4O5. The zero-order valence-corrected chi connectivity index (χ0v) is 17.4. The lowest BCUT2D eigenvalue weighted by atomic mass is 9.98. The minimum Gasteiger partial charge on any atom is -0.466 e. The van der Waals surface area contributed by atoms with Gasteiger partial charge < -0.3 is 19.7 Å². The van der Waals surface area contributed by atoms with Crippen molar-refractivity contribution < 1.29 is 19.2 Å². The Labute approximate surface area is 176 Å². The number of nitro groups is 1. The topological polar surface area (TPSA) is 106 Å². The van der Waals surface area contributed by atoms with Gasteiger partial charge in [-0.15, -0.1) is 0 Å². The average molecular weight is 418 g/mol. The third-order valence-electron chi connectivity index (χ3n) is 5.41. The number of guanidine groups is 1. The number of hydrogen-bond acceptors (Lipinski definition) is 6. The van der Waals surface area contributed by atoms with Crippen LogP contribution in [0, 0.1) is 16.0 Å². The van der Waals surface area contributed by atoms with E-state index in [0.29, 0.717) is 26.2 Å². The van der Waals surface area contributed by atoms with Crippen LogP contribution in [0.5, 0.6) is 0 Å². The third kappa shape index (κ3) is 6.16. The molecule has 2 unspecified atom stereocenters. The molecule has 2 heterocycles. The number of ether oxygens (including phenoxy) is 2. The highest BCUT2D eigenvalue weighted by Gasteiger charge is 2.29. The average Bonchev–Trinajstić information content (AvgIpc) is 3.28. The molecule has 2 atom stereocenters. The summed E-state index contributed by atoms with van der Waals surface area (Å²) in [5.74, 6) is 0.418. The fraction of sp³-hybridized carbons (Fsp3) is 0.619. The number of nitro benzene ring substituents is 1. The van der Waals surface area contributed by atoms with Gasteiger partial charge in [-0.1, -0.05) is 12.1 Å². The molecule has 164 valence electrons. The highest BCUT2D eigenvalue weighted by molar-refractivity contribution is 5.81. The molecule has 1 aromatic carbocycles. The minimum absolute atomic E-state index is 0.0627. The number of esters is 1. The first-order valence-electron chi connectivity index (χ1n) is 10.6. The van der Waals surface area contributed by atoms with Crippen LogP contribution in [-0.2, 0) is 20.8 Å². The lowest BCUT2D eigenvalue weighted by Crippen LogP contribution is -2.49. The first-order chi connectivity index (χ1) is 14.6. The Balaban J connectivity index is 1.69. The quantitative estimate of drug-likeness (QED) is 0.238. The molecule has 0 amide bonds. The Kier molecular flexibility index (Phi) is 8.01. The van der Waals surface area contributed by atoms with Crippen LogP contribution in [0.4, 0.5) is 5.69 Å². The van der Waals surface area contributed by atoms with Crippen molar-refractivity contribution in [3.63, 3.8) is 0 Å². The third-order valence-corrected chi connectivity index (χ3v) is 5.41. The number of carbonyl (C=O) groups excluding carboxylic acids is 1. The van der Waals surface area contributed by atoms with E-state index in [-0.39, 0.29) is 23.7 Å². The van der Waals surface area contributed by atoms with Crippen LogP contribution < -0.4 is 5.32 Å². The first-order valence-corrected chi connectivity index (χ1v) is 10.6.